The van der Waals surface area contributed by atoms with Crippen molar-refractivity contribution >= 4 is 23.6 Å². The molecule has 0 aromatic heterocycles. The van der Waals surface area contributed by atoms with Crippen molar-refractivity contribution < 1.29 is 32.6 Å². The summed E-state index contributed by atoms with van der Waals surface area (Å²) in [5.74, 6) is -1.47. The van der Waals surface area contributed by atoms with Gasteiger partial charge < -0.3 is 25.0 Å². The Labute approximate surface area is 195 Å². The molecule has 2 N–H and O–H groups in total. The van der Waals surface area contributed by atoms with Crippen molar-refractivity contribution in [2.24, 2.45) is 5.92 Å². The van der Waals surface area contributed by atoms with E-state index in [1.54, 1.807) is 11.8 Å². The summed E-state index contributed by atoms with van der Waals surface area (Å²) in [6, 6.07) is 5.86. The Balaban J connectivity index is 1.44. The maximum Gasteiger partial charge on any atom is 0.407 e. The molecule has 0 aliphatic carbocycles. The standard InChI is InChI=1S/C24H25F2N3O5/c1-13-9-16(3-5-18(13)25)27-23(31)17-4-6-19(26)21-20(7-8-33-22(17)21)28-24(32)34-12-15-10-29(11-15)14(2)30/h3-6,9,15,20H,7-8,10-12H2,1-2H3,(H,27,31)(H,28,32)/t20-/m0/s1. The minimum absolute atomic E-state index is 0.0237. The van der Waals surface area contributed by atoms with Crippen LogP contribution in [0.5, 0.6) is 5.75 Å². The van der Waals surface area contributed by atoms with Crippen molar-refractivity contribution in [3.05, 3.63) is 58.7 Å². The number of fused-ring (bicyclic) bond motifs is 1. The molecule has 10 heteroatoms. The van der Waals surface area contributed by atoms with E-state index in [0.29, 0.717) is 30.8 Å². The molecule has 8 nitrogen and oxygen atoms in total. The van der Waals surface area contributed by atoms with Gasteiger partial charge in [-0.2, -0.15) is 0 Å². The number of carbonyl (C=O) groups excluding carboxylic acids is 3. The van der Waals surface area contributed by atoms with Gasteiger partial charge in [-0.15, -0.1) is 0 Å². The van der Waals surface area contributed by atoms with E-state index in [0.717, 1.165) is 6.07 Å². The monoisotopic (exact) mass is 473 g/mol. The molecule has 0 spiro atoms. The van der Waals surface area contributed by atoms with Crippen LogP contribution < -0.4 is 15.4 Å². The van der Waals surface area contributed by atoms with Crippen LogP contribution in [0.2, 0.25) is 0 Å². The Hall–Kier alpha value is -3.69. The summed E-state index contributed by atoms with van der Waals surface area (Å²) in [6.07, 6.45) is -0.418. The number of hydrogen-bond acceptors (Lipinski definition) is 5. The molecule has 3 amide bonds. The van der Waals surface area contributed by atoms with Crippen LogP contribution in [0, 0.1) is 24.5 Å². The lowest BCUT2D eigenvalue weighted by Crippen LogP contribution is -2.51. The number of anilines is 1. The average molecular weight is 473 g/mol. The van der Waals surface area contributed by atoms with Crippen molar-refractivity contribution in [3.8, 4) is 5.75 Å². The van der Waals surface area contributed by atoms with Gasteiger partial charge in [0.25, 0.3) is 5.91 Å². The highest BCUT2D eigenvalue weighted by molar-refractivity contribution is 6.06. The van der Waals surface area contributed by atoms with E-state index in [1.165, 1.54) is 31.2 Å². The largest absolute Gasteiger partial charge is 0.492 e. The molecule has 0 radical (unpaired) electrons. The minimum Gasteiger partial charge on any atom is -0.492 e. The number of hydrogen-bond donors (Lipinski definition) is 2. The molecule has 1 fully saturated rings. The molecular weight excluding hydrogens is 448 g/mol. The smallest absolute Gasteiger partial charge is 0.407 e. The number of benzene rings is 2. The molecule has 0 bridgehead atoms. The lowest BCUT2D eigenvalue weighted by Gasteiger charge is -2.38. The summed E-state index contributed by atoms with van der Waals surface area (Å²) in [6.45, 7) is 4.43. The second-order valence-corrected chi connectivity index (χ2v) is 8.48. The van der Waals surface area contributed by atoms with Crippen molar-refractivity contribution in [1.29, 1.82) is 0 Å². The van der Waals surface area contributed by atoms with E-state index >= 15 is 0 Å². The molecule has 0 saturated carbocycles. The zero-order valence-corrected chi connectivity index (χ0v) is 18.8. The zero-order valence-electron chi connectivity index (χ0n) is 18.8. The van der Waals surface area contributed by atoms with Crippen molar-refractivity contribution in [1.82, 2.24) is 10.2 Å². The molecule has 2 aliphatic rings. The molecule has 2 heterocycles. The predicted molar refractivity (Wildman–Crippen MR) is 119 cm³/mol. The summed E-state index contributed by atoms with van der Waals surface area (Å²) in [5, 5.41) is 5.31. The Kier molecular flexibility index (Phi) is 6.67. The summed E-state index contributed by atoms with van der Waals surface area (Å²) in [7, 11) is 0. The van der Waals surface area contributed by atoms with Gasteiger partial charge in [-0.3, -0.25) is 9.59 Å². The molecule has 1 atom stereocenters. The van der Waals surface area contributed by atoms with Gasteiger partial charge in [-0.25, -0.2) is 13.6 Å². The third kappa shape index (κ3) is 4.95. The highest BCUT2D eigenvalue weighted by Gasteiger charge is 2.32. The van der Waals surface area contributed by atoms with Crippen LogP contribution in [-0.4, -0.2) is 49.1 Å². The molecule has 2 aromatic rings. The third-order valence-corrected chi connectivity index (χ3v) is 5.95. The highest BCUT2D eigenvalue weighted by Crippen LogP contribution is 2.37. The SMILES string of the molecule is CC(=O)N1CC(COC(=O)N[C@H]2CCOc3c(C(=O)Nc4ccc(F)c(C)c4)ccc(F)c32)C1. The summed E-state index contributed by atoms with van der Waals surface area (Å²) >= 11 is 0. The second-order valence-electron chi connectivity index (χ2n) is 8.48. The van der Waals surface area contributed by atoms with Crippen LogP contribution in [0.15, 0.2) is 30.3 Å². The maximum atomic E-state index is 14.8. The number of nitrogens with zero attached hydrogens (tertiary/aromatic N) is 1. The number of ether oxygens (including phenoxy) is 2. The lowest BCUT2D eigenvalue weighted by atomic mass is 9.96. The van der Waals surface area contributed by atoms with Gasteiger partial charge in [0.2, 0.25) is 5.91 Å². The molecule has 180 valence electrons. The first-order chi connectivity index (χ1) is 16.2. The van der Waals surface area contributed by atoms with Gasteiger partial charge in [0.15, 0.2) is 0 Å². The first kappa shape index (κ1) is 23.5. The lowest BCUT2D eigenvalue weighted by molar-refractivity contribution is -0.135. The van der Waals surface area contributed by atoms with E-state index in [2.05, 4.69) is 10.6 Å². The fourth-order valence-corrected chi connectivity index (χ4v) is 4.03. The summed E-state index contributed by atoms with van der Waals surface area (Å²) in [4.78, 5) is 38.1. The molecule has 0 unspecified atom stereocenters. The molecule has 2 aliphatic heterocycles. The summed E-state index contributed by atoms with van der Waals surface area (Å²) < 4.78 is 39.1. The number of nitrogens with one attached hydrogen (secondary N) is 2. The normalized spacial score (nSPS) is 17.2. The fraction of sp³-hybridized carbons (Fsp3) is 0.375. The van der Waals surface area contributed by atoms with E-state index in [9.17, 15) is 23.2 Å². The zero-order chi connectivity index (χ0) is 24.4. The number of likely N-dealkylation sites (tertiary alicyclic amines) is 1. The molecule has 34 heavy (non-hydrogen) atoms. The molecule has 1 saturated heterocycles. The quantitative estimate of drug-likeness (QED) is 0.692. The summed E-state index contributed by atoms with van der Waals surface area (Å²) in [5.41, 5.74) is 0.916. The van der Waals surface area contributed by atoms with Crippen molar-refractivity contribution in [3.63, 3.8) is 0 Å². The number of alkyl carbamates (subject to hydrolysis) is 1. The second kappa shape index (κ2) is 9.66. The van der Waals surface area contributed by atoms with Crippen molar-refractivity contribution in [2.75, 3.05) is 31.6 Å². The van der Waals surface area contributed by atoms with Gasteiger partial charge in [-0.1, -0.05) is 0 Å². The molecule has 2 aromatic carbocycles. The number of aryl methyl sites for hydroxylation is 1. The van der Waals surface area contributed by atoms with Gasteiger partial charge >= 0.3 is 6.09 Å². The van der Waals surface area contributed by atoms with E-state index in [-0.39, 0.29) is 41.9 Å². The van der Waals surface area contributed by atoms with Crippen LogP contribution in [0.4, 0.5) is 19.3 Å². The number of amides is 3. The van der Waals surface area contributed by atoms with E-state index in [4.69, 9.17) is 9.47 Å². The van der Waals surface area contributed by atoms with Crippen LogP contribution >= 0.6 is 0 Å². The topological polar surface area (TPSA) is 97.0 Å². The van der Waals surface area contributed by atoms with Gasteiger partial charge in [0.1, 0.15) is 17.4 Å². The number of carbonyl (C=O) groups is 3. The number of halogens is 2. The van der Waals surface area contributed by atoms with Crippen LogP contribution in [-0.2, 0) is 9.53 Å². The van der Waals surface area contributed by atoms with Crippen LogP contribution in [0.3, 0.4) is 0 Å². The minimum atomic E-state index is -0.743. The van der Waals surface area contributed by atoms with Gasteiger partial charge in [-0.05, 0) is 42.8 Å². The highest BCUT2D eigenvalue weighted by atomic mass is 19.1. The third-order valence-electron chi connectivity index (χ3n) is 5.95. The van der Waals surface area contributed by atoms with Crippen molar-refractivity contribution in [2.45, 2.75) is 26.3 Å². The Morgan fingerprint density at radius 3 is 2.59 bits per heavy atom. The predicted octanol–water partition coefficient (Wildman–Crippen LogP) is 3.55. The van der Waals surface area contributed by atoms with Crippen LogP contribution in [0.1, 0.15) is 40.9 Å². The molecular formula is C24H25F2N3O5. The maximum absolute atomic E-state index is 14.8. The Bertz CT molecular complexity index is 1130. The molecule has 4 rings (SSSR count). The fourth-order valence-electron chi connectivity index (χ4n) is 4.03. The first-order valence-electron chi connectivity index (χ1n) is 10.9. The van der Waals surface area contributed by atoms with E-state index < -0.39 is 29.7 Å². The van der Waals surface area contributed by atoms with Gasteiger partial charge in [0, 0.05) is 38.0 Å². The van der Waals surface area contributed by atoms with Crippen LogP contribution in [0.25, 0.3) is 0 Å². The Morgan fingerprint density at radius 1 is 1.15 bits per heavy atom. The number of rotatable bonds is 5. The van der Waals surface area contributed by atoms with Gasteiger partial charge in [0.05, 0.1) is 30.4 Å². The Morgan fingerprint density at radius 2 is 1.88 bits per heavy atom. The average Bonchev–Trinajstić information content (AvgIpc) is 2.75. The first-order valence-corrected chi connectivity index (χ1v) is 10.9. The van der Waals surface area contributed by atoms with E-state index in [1.807, 2.05) is 0 Å².